The molecule has 0 amide bonds. The highest BCUT2D eigenvalue weighted by atomic mass is 16.5. The Morgan fingerprint density at radius 2 is 1.57 bits per heavy atom. The van der Waals surface area contributed by atoms with E-state index in [1.165, 1.54) is 57.6 Å². The van der Waals surface area contributed by atoms with Gasteiger partial charge in [-0.1, -0.05) is 64.7 Å². The molecule has 0 saturated carbocycles. The van der Waals surface area contributed by atoms with Gasteiger partial charge < -0.3 is 15.3 Å². The van der Waals surface area contributed by atoms with Gasteiger partial charge >= 0.3 is 5.97 Å². The summed E-state index contributed by atoms with van der Waals surface area (Å²) in [5.41, 5.74) is 0. The molecule has 0 radical (unpaired) electrons. The van der Waals surface area contributed by atoms with Crippen LogP contribution in [0.2, 0.25) is 0 Å². The summed E-state index contributed by atoms with van der Waals surface area (Å²) in [6.07, 6.45) is 14.3. The molecule has 1 rings (SSSR count). The topological polar surface area (TPSA) is 74.4 Å². The maximum absolute atomic E-state index is 11.5. The first-order valence-electron chi connectivity index (χ1n) is 8.05. The van der Waals surface area contributed by atoms with Gasteiger partial charge in [-0.25, -0.2) is 4.79 Å². The molecule has 0 aliphatic carbocycles. The molecule has 0 saturated heterocycles. The molecule has 4 heteroatoms. The molecule has 21 heavy (non-hydrogen) atoms. The number of ether oxygens (including phenoxy) is 1. The first-order valence-corrected chi connectivity index (χ1v) is 8.05. The van der Waals surface area contributed by atoms with E-state index in [1.807, 2.05) is 0 Å². The van der Waals surface area contributed by atoms with Crippen LogP contribution in [0.1, 0.15) is 81.7 Å². The Balaban J connectivity index is 0.00000400. The van der Waals surface area contributed by atoms with Crippen molar-refractivity contribution in [2.24, 2.45) is 0 Å². The van der Waals surface area contributed by atoms with Crippen molar-refractivity contribution in [2.75, 3.05) is 6.61 Å². The zero-order valence-corrected chi connectivity index (χ0v) is 13.4. The molecule has 0 spiro atoms. The largest absolute Gasteiger partial charge is 0.460 e. The standard InChI is InChI=1S/C17H28O3.H3N/c1-2-3-4-5-6-7-8-9-10-11-14-20-17(18)16-13-12-15-19-16;/h12-13,15H,2-11,14H2,1H3;1H3. The van der Waals surface area contributed by atoms with Crippen molar-refractivity contribution in [1.82, 2.24) is 6.15 Å². The second-order valence-corrected chi connectivity index (χ2v) is 5.30. The summed E-state index contributed by atoms with van der Waals surface area (Å²) < 4.78 is 10.1. The lowest BCUT2D eigenvalue weighted by Crippen LogP contribution is -2.05. The zero-order valence-electron chi connectivity index (χ0n) is 13.4. The second kappa shape index (κ2) is 13.7. The average molecular weight is 297 g/mol. The highest BCUT2D eigenvalue weighted by Gasteiger charge is 2.08. The van der Waals surface area contributed by atoms with Gasteiger partial charge in [0.25, 0.3) is 0 Å². The Bertz CT molecular complexity index is 336. The second-order valence-electron chi connectivity index (χ2n) is 5.30. The van der Waals surface area contributed by atoms with Crippen LogP contribution in [-0.4, -0.2) is 12.6 Å². The first-order chi connectivity index (χ1) is 9.84. The molecule has 0 atom stereocenters. The lowest BCUT2D eigenvalue weighted by molar-refractivity contribution is 0.0461. The van der Waals surface area contributed by atoms with E-state index in [2.05, 4.69) is 6.92 Å². The number of esters is 1. The van der Waals surface area contributed by atoms with Gasteiger partial charge in [-0.2, -0.15) is 0 Å². The summed E-state index contributed by atoms with van der Waals surface area (Å²) in [6, 6.07) is 3.32. The van der Waals surface area contributed by atoms with E-state index < -0.39 is 0 Å². The van der Waals surface area contributed by atoms with E-state index in [-0.39, 0.29) is 17.9 Å². The molecule has 0 fully saturated rings. The van der Waals surface area contributed by atoms with Crippen molar-refractivity contribution in [1.29, 1.82) is 0 Å². The molecule has 1 heterocycles. The SMILES string of the molecule is CCCCCCCCCCCCOC(=O)c1ccco1.N. The van der Waals surface area contributed by atoms with Gasteiger partial charge in [-0.05, 0) is 18.6 Å². The van der Waals surface area contributed by atoms with Crippen LogP contribution < -0.4 is 6.15 Å². The predicted molar refractivity (Wildman–Crippen MR) is 85.9 cm³/mol. The van der Waals surface area contributed by atoms with Gasteiger partial charge in [0.1, 0.15) is 0 Å². The van der Waals surface area contributed by atoms with Crippen LogP contribution in [0, 0.1) is 0 Å². The van der Waals surface area contributed by atoms with Crippen molar-refractivity contribution >= 4 is 5.97 Å². The molecular formula is C17H31NO3. The Labute approximate surface area is 128 Å². The number of rotatable bonds is 12. The van der Waals surface area contributed by atoms with Crippen LogP contribution in [0.25, 0.3) is 0 Å². The lowest BCUT2D eigenvalue weighted by atomic mass is 10.1. The summed E-state index contributed by atoms with van der Waals surface area (Å²) in [5.74, 6) is -0.0667. The molecule has 1 aromatic rings. The Hall–Kier alpha value is -1.29. The van der Waals surface area contributed by atoms with Crippen LogP contribution in [0.5, 0.6) is 0 Å². The third-order valence-electron chi connectivity index (χ3n) is 3.45. The molecule has 0 aliphatic heterocycles. The number of unbranched alkanes of at least 4 members (excludes halogenated alkanes) is 9. The van der Waals surface area contributed by atoms with Gasteiger partial charge in [-0.15, -0.1) is 0 Å². The van der Waals surface area contributed by atoms with Crippen molar-refractivity contribution in [3.63, 3.8) is 0 Å². The Morgan fingerprint density at radius 3 is 2.10 bits per heavy atom. The van der Waals surface area contributed by atoms with Crippen LogP contribution >= 0.6 is 0 Å². The summed E-state index contributed by atoms with van der Waals surface area (Å²) in [4.78, 5) is 11.5. The molecule has 0 aromatic carbocycles. The number of carbonyl (C=O) groups excluding carboxylic acids is 1. The maximum Gasteiger partial charge on any atom is 0.374 e. The van der Waals surface area contributed by atoms with Crippen LogP contribution in [0.15, 0.2) is 22.8 Å². The average Bonchev–Trinajstić information content (AvgIpc) is 2.99. The molecular weight excluding hydrogens is 266 g/mol. The van der Waals surface area contributed by atoms with E-state index in [4.69, 9.17) is 9.15 Å². The maximum atomic E-state index is 11.5. The van der Waals surface area contributed by atoms with Gasteiger partial charge in [0.05, 0.1) is 12.9 Å². The molecule has 0 aliphatic rings. The quantitative estimate of drug-likeness (QED) is 0.407. The summed E-state index contributed by atoms with van der Waals surface area (Å²) in [7, 11) is 0. The minimum absolute atomic E-state index is 0. The molecule has 122 valence electrons. The van der Waals surface area contributed by atoms with Crippen LogP contribution in [0.3, 0.4) is 0 Å². The minimum Gasteiger partial charge on any atom is -0.460 e. The monoisotopic (exact) mass is 297 g/mol. The van der Waals surface area contributed by atoms with E-state index >= 15 is 0 Å². The molecule has 4 nitrogen and oxygen atoms in total. The summed E-state index contributed by atoms with van der Waals surface area (Å²) in [6.45, 7) is 2.74. The zero-order chi connectivity index (χ0) is 14.5. The highest BCUT2D eigenvalue weighted by molar-refractivity contribution is 5.86. The number of hydrogen-bond acceptors (Lipinski definition) is 4. The third kappa shape index (κ3) is 10.1. The van der Waals surface area contributed by atoms with Crippen molar-refractivity contribution < 1.29 is 13.9 Å². The van der Waals surface area contributed by atoms with Gasteiger partial charge in [0.15, 0.2) is 0 Å². The lowest BCUT2D eigenvalue weighted by Gasteiger charge is -2.03. The first kappa shape index (κ1) is 19.7. The Kier molecular flexibility index (Phi) is 12.8. The third-order valence-corrected chi connectivity index (χ3v) is 3.45. The molecule has 3 N–H and O–H groups in total. The van der Waals surface area contributed by atoms with Crippen molar-refractivity contribution in [3.8, 4) is 0 Å². The predicted octanol–water partition coefficient (Wildman–Crippen LogP) is 5.52. The molecule has 0 bridgehead atoms. The van der Waals surface area contributed by atoms with E-state index in [0.29, 0.717) is 6.61 Å². The summed E-state index contributed by atoms with van der Waals surface area (Å²) in [5, 5.41) is 0. The van der Waals surface area contributed by atoms with E-state index in [0.717, 1.165) is 12.8 Å². The fourth-order valence-corrected chi connectivity index (χ4v) is 2.22. The summed E-state index contributed by atoms with van der Waals surface area (Å²) >= 11 is 0. The molecule has 0 unspecified atom stereocenters. The fraction of sp³-hybridized carbons (Fsp3) is 0.706. The van der Waals surface area contributed by atoms with Gasteiger partial charge in [-0.3, -0.25) is 0 Å². The highest BCUT2D eigenvalue weighted by Crippen LogP contribution is 2.10. The normalized spacial score (nSPS) is 10.1. The van der Waals surface area contributed by atoms with E-state index in [9.17, 15) is 4.79 Å². The van der Waals surface area contributed by atoms with Gasteiger partial charge in [0.2, 0.25) is 5.76 Å². The number of carbonyl (C=O) groups is 1. The van der Waals surface area contributed by atoms with Crippen LogP contribution in [-0.2, 0) is 4.74 Å². The van der Waals surface area contributed by atoms with Crippen molar-refractivity contribution in [3.05, 3.63) is 24.2 Å². The van der Waals surface area contributed by atoms with E-state index in [1.54, 1.807) is 12.1 Å². The Morgan fingerprint density at radius 1 is 1.00 bits per heavy atom. The molecule has 1 aromatic heterocycles. The minimum atomic E-state index is -0.356. The fourth-order valence-electron chi connectivity index (χ4n) is 2.22. The van der Waals surface area contributed by atoms with Crippen molar-refractivity contribution in [2.45, 2.75) is 71.1 Å². The smallest absolute Gasteiger partial charge is 0.374 e. The number of furan rings is 1. The van der Waals surface area contributed by atoms with Gasteiger partial charge in [0, 0.05) is 0 Å². The number of hydrogen-bond donors (Lipinski definition) is 1. The van der Waals surface area contributed by atoms with Crippen LogP contribution in [0.4, 0.5) is 0 Å².